The first kappa shape index (κ1) is 19.1. The van der Waals surface area contributed by atoms with Crippen LogP contribution in [0.25, 0.3) is 10.9 Å². The molecule has 0 bridgehead atoms. The second-order valence-corrected chi connectivity index (χ2v) is 7.16. The van der Waals surface area contributed by atoms with Crippen LogP contribution >= 0.6 is 0 Å². The van der Waals surface area contributed by atoms with Crippen LogP contribution in [0.2, 0.25) is 0 Å². The summed E-state index contributed by atoms with van der Waals surface area (Å²) in [7, 11) is 1.63. The largest absolute Gasteiger partial charge is 0.497 e. The summed E-state index contributed by atoms with van der Waals surface area (Å²) in [6.45, 7) is 3.08. The minimum absolute atomic E-state index is 0.0304. The third-order valence-electron chi connectivity index (χ3n) is 5.29. The second kappa shape index (κ2) is 7.99. The molecule has 2 heterocycles. The van der Waals surface area contributed by atoms with Crippen molar-refractivity contribution in [2.75, 3.05) is 20.3 Å². The zero-order chi connectivity index (χ0) is 20.4. The third-order valence-corrected chi connectivity index (χ3v) is 5.29. The van der Waals surface area contributed by atoms with E-state index < -0.39 is 0 Å². The Hall–Kier alpha value is -3.28. The first-order valence-corrected chi connectivity index (χ1v) is 9.78. The summed E-state index contributed by atoms with van der Waals surface area (Å²) in [4.78, 5) is 27.3. The molecule has 2 aromatic carbocycles. The average Bonchev–Trinajstić information content (AvgIpc) is 3.12. The van der Waals surface area contributed by atoms with Crippen molar-refractivity contribution >= 4 is 22.8 Å². The molecule has 0 radical (unpaired) electrons. The fraction of sp³-hybridized carbons (Fsp3) is 0.304. The van der Waals surface area contributed by atoms with Crippen LogP contribution in [0.3, 0.4) is 0 Å². The molecule has 0 saturated heterocycles. The lowest BCUT2D eigenvalue weighted by Gasteiger charge is -2.35. The molecule has 6 nitrogen and oxygen atoms in total. The number of amides is 1. The van der Waals surface area contributed by atoms with Gasteiger partial charge in [0, 0.05) is 24.0 Å². The number of hydrogen-bond acceptors (Lipinski definition) is 4. The predicted octanol–water partition coefficient (Wildman–Crippen LogP) is 3.80. The van der Waals surface area contributed by atoms with Crippen molar-refractivity contribution in [3.63, 3.8) is 0 Å². The van der Waals surface area contributed by atoms with E-state index in [-0.39, 0.29) is 24.3 Å². The number of nitrogens with zero attached hydrogens (tertiary/aromatic N) is 2. The normalized spacial score (nSPS) is 16.0. The van der Waals surface area contributed by atoms with Crippen LogP contribution in [0, 0.1) is 0 Å². The van der Waals surface area contributed by atoms with Crippen molar-refractivity contribution in [3.05, 3.63) is 65.9 Å². The molecule has 3 aromatic rings. The highest BCUT2D eigenvalue weighted by atomic mass is 16.5. The molecule has 1 aromatic heterocycles. The van der Waals surface area contributed by atoms with E-state index in [1.807, 2.05) is 59.2 Å². The zero-order valence-electron chi connectivity index (χ0n) is 16.6. The van der Waals surface area contributed by atoms with E-state index in [1.165, 1.54) is 0 Å². The van der Waals surface area contributed by atoms with Gasteiger partial charge >= 0.3 is 5.97 Å². The van der Waals surface area contributed by atoms with E-state index in [2.05, 4.69) is 0 Å². The number of esters is 1. The molecule has 1 aliphatic rings. The summed E-state index contributed by atoms with van der Waals surface area (Å²) in [5, 5.41) is 0.996. The second-order valence-electron chi connectivity index (χ2n) is 7.16. The Labute approximate surface area is 169 Å². The summed E-state index contributed by atoms with van der Waals surface area (Å²) in [6.07, 6.45) is 0.228. The van der Waals surface area contributed by atoms with Crippen LogP contribution in [0.4, 0.5) is 0 Å². The number of benzene rings is 2. The number of rotatable bonds is 6. The van der Waals surface area contributed by atoms with Crippen molar-refractivity contribution in [1.29, 1.82) is 0 Å². The molecule has 0 spiro atoms. The highest BCUT2D eigenvalue weighted by Gasteiger charge is 2.34. The van der Waals surface area contributed by atoms with Gasteiger partial charge < -0.3 is 18.9 Å². The summed E-state index contributed by atoms with van der Waals surface area (Å²) in [5.74, 6) is 0.496. The fourth-order valence-corrected chi connectivity index (χ4v) is 3.97. The lowest BCUT2D eigenvalue weighted by molar-refractivity contribution is -0.144. The number of hydrogen-bond donors (Lipinski definition) is 0. The van der Waals surface area contributed by atoms with Gasteiger partial charge in [-0.05, 0) is 36.8 Å². The molecule has 1 atom stereocenters. The van der Waals surface area contributed by atoms with Gasteiger partial charge in [-0.1, -0.05) is 30.3 Å². The Morgan fingerprint density at radius 2 is 1.90 bits per heavy atom. The number of carbonyl (C=O) groups excluding carboxylic acids is 2. The number of para-hydroxylation sites is 1. The predicted molar refractivity (Wildman–Crippen MR) is 110 cm³/mol. The quantitative estimate of drug-likeness (QED) is 0.599. The van der Waals surface area contributed by atoms with Crippen molar-refractivity contribution in [2.24, 2.45) is 0 Å². The van der Waals surface area contributed by atoms with E-state index >= 15 is 0 Å². The number of methoxy groups -OCH3 is 1. The van der Waals surface area contributed by atoms with Gasteiger partial charge in [0.05, 0.1) is 26.2 Å². The minimum Gasteiger partial charge on any atom is -0.497 e. The van der Waals surface area contributed by atoms with Gasteiger partial charge in [0.15, 0.2) is 0 Å². The summed E-state index contributed by atoms with van der Waals surface area (Å²) in [5.41, 5.74) is 2.59. The molecule has 0 unspecified atom stereocenters. The standard InChI is InChI=1S/C23H24N2O4/c1-3-29-22(26)13-18-15-24(14-16-8-10-19(28-2)11-9-16)23(27)21-12-17-6-4-5-7-20(17)25(18)21/h4-12,18H,3,13-15H2,1-2H3/t18-/m0/s1. The van der Waals surface area contributed by atoms with Crippen molar-refractivity contribution < 1.29 is 19.1 Å². The zero-order valence-corrected chi connectivity index (χ0v) is 16.6. The molecule has 1 amide bonds. The van der Waals surface area contributed by atoms with Gasteiger partial charge in [0.2, 0.25) is 0 Å². The lowest BCUT2D eigenvalue weighted by atomic mass is 10.1. The Kier molecular flexibility index (Phi) is 5.25. The van der Waals surface area contributed by atoms with E-state index in [0.717, 1.165) is 22.2 Å². The number of ether oxygens (including phenoxy) is 2. The number of carbonyl (C=O) groups is 2. The number of fused-ring (bicyclic) bond motifs is 3. The first-order valence-electron chi connectivity index (χ1n) is 9.78. The van der Waals surface area contributed by atoms with Gasteiger partial charge in [-0.15, -0.1) is 0 Å². The minimum atomic E-state index is -0.250. The number of aromatic nitrogens is 1. The van der Waals surface area contributed by atoms with E-state index in [1.54, 1.807) is 18.9 Å². The molecular weight excluding hydrogens is 368 g/mol. The van der Waals surface area contributed by atoms with Gasteiger partial charge in [-0.25, -0.2) is 0 Å². The van der Waals surface area contributed by atoms with Crippen LogP contribution in [-0.4, -0.2) is 41.6 Å². The summed E-state index contributed by atoms with van der Waals surface area (Å²) < 4.78 is 12.4. The van der Waals surface area contributed by atoms with Crippen LogP contribution in [0.15, 0.2) is 54.6 Å². The van der Waals surface area contributed by atoms with Crippen molar-refractivity contribution in [2.45, 2.75) is 25.9 Å². The van der Waals surface area contributed by atoms with Crippen LogP contribution in [-0.2, 0) is 16.1 Å². The molecule has 6 heteroatoms. The monoisotopic (exact) mass is 392 g/mol. The maximum Gasteiger partial charge on any atom is 0.307 e. The Morgan fingerprint density at radius 3 is 2.62 bits per heavy atom. The molecular formula is C23H24N2O4. The van der Waals surface area contributed by atoms with Crippen LogP contribution < -0.4 is 4.74 Å². The molecule has 0 aliphatic carbocycles. The third kappa shape index (κ3) is 3.70. The highest BCUT2D eigenvalue weighted by molar-refractivity contribution is 6.00. The fourth-order valence-electron chi connectivity index (χ4n) is 3.97. The maximum atomic E-state index is 13.2. The van der Waals surface area contributed by atoms with Crippen LogP contribution in [0.1, 0.15) is 35.4 Å². The molecule has 0 saturated carbocycles. The molecule has 0 N–H and O–H groups in total. The molecule has 1 aliphatic heterocycles. The molecule has 4 rings (SSSR count). The van der Waals surface area contributed by atoms with Crippen molar-refractivity contribution in [3.8, 4) is 5.75 Å². The van der Waals surface area contributed by atoms with Crippen LogP contribution in [0.5, 0.6) is 5.75 Å². The molecule has 0 fully saturated rings. The highest BCUT2D eigenvalue weighted by Crippen LogP contribution is 2.32. The topological polar surface area (TPSA) is 60.8 Å². The SMILES string of the molecule is CCOC(=O)C[C@H]1CN(Cc2ccc(OC)cc2)C(=O)c2cc3ccccc3n21. The Morgan fingerprint density at radius 1 is 1.14 bits per heavy atom. The Balaban J connectivity index is 1.68. The van der Waals surface area contributed by atoms with E-state index in [9.17, 15) is 9.59 Å². The Bertz CT molecular complexity index is 1040. The lowest BCUT2D eigenvalue weighted by Crippen LogP contribution is -2.43. The first-order chi connectivity index (χ1) is 14.1. The van der Waals surface area contributed by atoms with E-state index in [4.69, 9.17) is 9.47 Å². The smallest absolute Gasteiger partial charge is 0.307 e. The maximum absolute atomic E-state index is 13.2. The molecule has 150 valence electrons. The van der Waals surface area contributed by atoms with E-state index in [0.29, 0.717) is 25.4 Å². The van der Waals surface area contributed by atoms with Gasteiger partial charge in [0.1, 0.15) is 11.4 Å². The van der Waals surface area contributed by atoms with Gasteiger partial charge in [-0.2, -0.15) is 0 Å². The van der Waals surface area contributed by atoms with Gasteiger partial charge in [0.25, 0.3) is 5.91 Å². The summed E-state index contributed by atoms with van der Waals surface area (Å²) >= 11 is 0. The average molecular weight is 392 g/mol. The summed E-state index contributed by atoms with van der Waals surface area (Å²) in [6, 6.07) is 17.3. The van der Waals surface area contributed by atoms with Crippen molar-refractivity contribution in [1.82, 2.24) is 9.47 Å². The molecule has 29 heavy (non-hydrogen) atoms. The van der Waals surface area contributed by atoms with Gasteiger partial charge in [-0.3, -0.25) is 9.59 Å².